The van der Waals surface area contributed by atoms with Crippen LogP contribution in [0.2, 0.25) is 0 Å². The van der Waals surface area contributed by atoms with Crippen molar-refractivity contribution in [3.05, 3.63) is 25.3 Å². The van der Waals surface area contributed by atoms with E-state index in [1.807, 2.05) is 0 Å². The van der Waals surface area contributed by atoms with E-state index in [1.165, 1.54) is 6.08 Å². The summed E-state index contributed by atoms with van der Waals surface area (Å²) in [6.45, 7) is 6.31. The Bertz CT molecular complexity index is 204. The van der Waals surface area contributed by atoms with E-state index in [1.54, 1.807) is 6.08 Å². The molecule has 0 aromatic rings. The van der Waals surface area contributed by atoms with E-state index >= 15 is 0 Å². The molecule has 1 aliphatic heterocycles. The third kappa shape index (κ3) is 2.92. The Morgan fingerprint density at radius 2 is 2.14 bits per heavy atom. The third-order valence-electron chi connectivity index (χ3n) is 2.26. The summed E-state index contributed by atoms with van der Waals surface area (Å²) in [5.41, 5.74) is 0. The van der Waals surface area contributed by atoms with Crippen LogP contribution in [-0.4, -0.2) is 35.5 Å². The summed E-state index contributed by atoms with van der Waals surface area (Å²) in [5.74, 6) is -0.0415. The van der Waals surface area contributed by atoms with Crippen molar-refractivity contribution in [2.45, 2.75) is 25.1 Å². The van der Waals surface area contributed by atoms with Crippen molar-refractivity contribution in [3.8, 4) is 0 Å². The van der Waals surface area contributed by atoms with E-state index in [-0.39, 0.29) is 12.0 Å². The molecular formula is C10H16O4. The second-order valence-electron chi connectivity index (χ2n) is 3.25. The molecule has 0 radical (unpaired) electrons. The first-order valence-corrected chi connectivity index (χ1v) is 4.55. The lowest BCUT2D eigenvalue weighted by Crippen LogP contribution is -2.25. The lowest BCUT2D eigenvalue weighted by atomic mass is 9.96. The summed E-state index contributed by atoms with van der Waals surface area (Å²) in [6.07, 6.45) is 2.81. The van der Waals surface area contributed by atoms with Crippen molar-refractivity contribution in [2.24, 2.45) is 5.92 Å². The van der Waals surface area contributed by atoms with E-state index in [0.717, 1.165) is 0 Å². The van der Waals surface area contributed by atoms with Crippen LogP contribution in [0.3, 0.4) is 0 Å². The Labute approximate surface area is 83.5 Å². The van der Waals surface area contributed by atoms with Crippen LogP contribution in [0.4, 0.5) is 0 Å². The fourth-order valence-electron chi connectivity index (χ4n) is 1.40. The van der Waals surface area contributed by atoms with Crippen LogP contribution in [0.25, 0.3) is 0 Å². The summed E-state index contributed by atoms with van der Waals surface area (Å²) in [5, 5.41) is 18.3. The topological polar surface area (TPSA) is 58.9 Å². The van der Waals surface area contributed by atoms with E-state index < -0.39 is 12.6 Å². The lowest BCUT2D eigenvalue weighted by molar-refractivity contribution is -0.207. The minimum absolute atomic E-state index is 0.0415. The highest BCUT2D eigenvalue weighted by atomic mass is 16.8. The summed E-state index contributed by atoms with van der Waals surface area (Å²) in [7, 11) is 0. The standard InChI is InChI=1S/C10H16O4/c1-3-7(5-8(11)4-2)9-6-13-10(12)14-9/h3-4,7-12H,1-2,5-6H2/t7-,8?,9+,10?/m0/s1. The largest absolute Gasteiger partial charge is 0.389 e. The van der Waals surface area contributed by atoms with Crippen molar-refractivity contribution in [1.82, 2.24) is 0 Å². The Balaban J connectivity index is 2.45. The zero-order valence-electron chi connectivity index (χ0n) is 8.00. The summed E-state index contributed by atoms with van der Waals surface area (Å²) in [4.78, 5) is 0. The average molecular weight is 200 g/mol. The molecule has 4 heteroatoms. The van der Waals surface area contributed by atoms with E-state index in [0.29, 0.717) is 13.0 Å². The predicted octanol–water partition coefficient (Wildman–Crippen LogP) is 0.417. The molecule has 0 amide bonds. The van der Waals surface area contributed by atoms with Crippen molar-refractivity contribution in [2.75, 3.05) is 6.61 Å². The van der Waals surface area contributed by atoms with Gasteiger partial charge in [0, 0.05) is 5.92 Å². The molecule has 1 fully saturated rings. The average Bonchev–Trinajstić information content (AvgIpc) is 2.60. The van der Waals surface area contributed by atoms with E-state index in [9.17, 15) is 5.11 Å². The molecule has 1 rings (SSSR count). The molecular weight excluding hydrogens is 184 g/mol. The number of hydrogen-bond acceptors (Lipinski definition) is 4. The maximum atomic E-state index is 9.36. The molecule has 80 valence electrons. The maximum Gasteiger partial charge on any atom is 0.269 e. The van der Waals surface area contributed by atoms with Gasteiger partial charge in [0.05, 0.1) is 18.8 Å². The van der Waals surface area contributed by atoms with Gasteiger partial charge in [0.25, 0.3) is 6.48 Å². The van der Waals surface area contributed by atoms with Crippen LogP contribution < -0.4 is 0 Å². The Morgan fingerprint density at radius 1 is 1.43 bits per heavy atom. The van der Waals surface area contributed by atoms with Gasteiger partial charge in [-0.25, -0.2) is 0 Å². The quantitative estimate of drug-likeness (QED) is 0.631. The molecule has 0 saturated carbocycles. The second kappa shape index (κ2) is 5.26. The van der Waals surface area contributed by atoms with Gasteiger partial charge in [0.2, 0.25) is 0 Å². The normalized spacial score (nSPS) is 31.0. The Morgan fingerprint density at radius 3 is 2.57 bits per heavy atom. The third-order valence-corrected chi connectivity index (χ3v) is 2.26. The number of hydrogen-bond donors (Lipinski definition) is 2. The summed E-state index contributed by atoms with van der Waals surface area (Å²) >= 11 is 0. The fourth-order valence-corrected chi connectivity index (χ4v) is 1.40. The van der Waals surface area contributed by atoms with Gasteiger partial charge in [-0.1, -0.05) is 12.2 Å². The Kier molecular flexibility index (Phi) is 4.28. The van der Waals surface area contributed by atoms with Gasteiger partial charge in [-0.15, -0.1) is 13.2 Å². The fraction of sp³-hybridized carbons (Fsp3) is 0.600. The number of rotatable bonds is 5. The van der Waals surface area contributed by atoms with Crippen molar-refractivity contribution in [3.63, 3.8) is 0 Å². The second-order valence-corrected chi connectivity index (χ2v) is 3.25. The van der Waals surface area contributed by atoms with Gasteiger partial charge >= 0.3 is 0 Å². The van der Waals surface area contributed by atoms with Crippen LogP contribution in [0, 0.1) is 5.92 Å². The van der Waals surface area contributed by atoms with Gasteiger partial charge in [0.1, 0.15) is 0 Å². The zero-order chi connectivity index (χ0) is 10.6. The minimum atomic E-state index is -1.15. The molecule has 4 nitrogen and oxygen atoms in total. The first kappa shape index (κ1) is 11.4. The maximum absolute atomic E-state index is 9.36. The number of ether oxygens (including phenoxy) is 2. The molecule has 0 aromatic heterocycles. The molecule has 4 atom stereocenters. The van der Waals surface area contributed by atoms with E-state index in [4.69, 9.17) is 14.6 Å². The molecule has 0 bridgehead atoms. The van der Waals surface area contributed by atoms with Gasteiger partial charge in [-0.05, 0) is 6.42 Å². The van der Waals surface area contributed by atoms with Gasteiger partial charge in [-0.3, -0.25) is 0 Å². The summed E-state index contributed by atoms with van der Waals surface area (Å²) in [6, 6.07) is 0. The molecule has 1 saturated heterocycles. The van der Waals surface area contributed by atoms with Gasteiger partial charge in [0.15, 0.2) is 0 Å². The van der Waals surface area contributed by atoms with Crippen molar-refractivity contribution < 1.29 is 19.7 Å². The lowest BCUT2D eigenvalue weighted by Gasteiger charge is -2.19. The zero-order valence-corrected chi connectivity index (χ0v) is 8.00. The molecule has 0 spiro atoms. The first-order chi connectivity index (χ1) is 6.67. The molecule has 0 aliphatic carbocycles. The highest BCUT2D eigenvalue weighted by Crippen LogP contribution is 2.22. The Hall–Kier alpha value is -0.680. The van der Waals surface area contributed by atoms with Crippen LogP contribution >= 0.6 is 0 Å². The molecule has 0 aromatic carbocycles. The highest BCUT2D eigenvalue weighted by Gasteiger charge is 2.30. The predicted molar refractivity (Wildman–Crippen MR) is 51.3 cm³/mol. The highest BCUT2D eigenvalue weighted by molar-refractivity contribution is 4.92. The monoisotopic (exact) mass is 200 g/mol. The van der Waals surface area contributed by atoms with Crippen LogP contribution in [0.15, 0.2) is 25.3 Å². The molecule has 1 heterocycles. The SMILES string of the molecule is C=CC(O)C[C@H](C=C)[C@H]1COC(O)O1. The van der Waals surface area contributed by atoms with Gasteiger partial charge < -0.3 is 19.7 Å². The molecule has 1 aliphatic rings. The molecule has 14 heavy (non-hydrogen) atoms. The number of aliphatic hydroxyl groups excluding tert-OH is 2. The van der Waals surface area contributed by atoms with Crippen LogP contribution in [0.1, 0.15) is 6.42 Å². The van der Waals surface area contributed by atoms with E-state index in [2.05, 4.69) is 13.2 Å². The molecule has 2 N–H and O–H groups in total. The number of aliphatic hydroxyl groups is 2. The van der Waals surface area contributed by atoms with Crippen LogP contribution in [0.5, 0.6) is 0 Å². The van der Waals surface area contributed by atoms with Crippen molar-refractivity contribution in [1.29, 1.82) is 0 Å². The first-order valence-electron chi connectivity index (χ1n) is 4.55. The minimum Gasteiger partial charge on any atom is -0.389 e. The summed E-state index contributed by atoms with van der Waals surface area (Å²) < 4.78 is 9.92. The van der Waals surface area contributed by atoms with Gasteiger partial charge in [-0.2, -0.15) is 0 Å². The van der Waals surface area contributed by atoms with Crippen molar-refractivity contribution >= 4 is 0 Å². The smallest absolute Gasteiger partial charge is 0.269 e. The molecule has 2 unspecified atom stereocenters. The van der Waals surface area contributed by atoms with Crippen LogP contribution in [-0.2, 0) is 9.47 Å².